The zero-order valence-corrected chi connectivity index (χ0v) is 14.7. The second kappa shape index (κ2) is 6.45. The molecule has 4 nitrogen and oxygen atoms in total. The number of aromatic nitrogens is 1. The lowest BCUT2D eigenvalue weighted by Gasteiger charge is -2.04. The maximum Gasteiger partial charge on any atom is 0.207 e. The van der Waals surface area contributed by atoms with Gasteiger partial charge in [-0.15, -0.1) is 0 Å². The van der Waals surface area contributed by atoms with E-state index in [0.717, 1.165) is 16.8 Å². The highest BCUT2D eigenvalue weighted by Crippen LogP contribution is 2.30. The second-order valence-corrected chi connectivity index (χ2v) is 6.87. The molecule has 0 amide bonds. The molecular weight excluding hydrogens is 318 g/mol. The van der Waals surface area contributed by atoms with Crippen LogP contribution in [-0.4, -0.2) is 10.8 Å². The number of rotatable bonds is 4. The van der Waals surface area contributed by atoms with Crippen molar-refractivity contribution in [1.82, 2.24) is 4.98 Å². The van der Waals surface area contributed by atoms with Gasteiger partial charge in [0.25, 0.3) is 0 Å². The van der Waals surface area contributed by atoms with Crippen LogP contribution in [0.4, 0.5) is 16.6 Å². The average molecular weight is 337 g/mol. The Bertz CT molecular complexity index is 897. The number of nitrogens with zero attached hydrogens (tertiary/aromatic N) is 1. The van der Waals surface area contributed by atoms with Crippen molar-refractivity contribution in [2.45, 2.75) is 20.8 Å². The van der Waals surface area contributed by atoms with Crippen molar-refractivity contribution in [2.24, 2.45) is 0 Å². The first-order valence-corrected chi connectivity index (χ1v) is 8.47. The van der Waals surface area contributed by atoms with Crippen LogP contribution in [0.3, 0.4) is 0 Å². The van der Waals surface area contributed by atoms with E-state index in [4.69, 9.17) is 5.73 Å². The Morgan fingerprint density at radius 3 is 2.38 bits per heavy atom. The first-order valence-electron chi connectivity index (χ1n) is 7.66. The third-order valence-corrected chi connectivity index (χ3v) is 4.77. The first kappa shape index (κ1) is 16.2. The predicted molar refractivity (Wildman–Crippen MR) is 100 cm³/mol. The van der Waals surface area contributed by atoms with E-state index in [9.17, 15) is 4.79 Å². The molecule has 0 spiro atoms. The van der Waals surface area contributed by atoms with Crippen LogP contribution < -0.4 is 11.1 Å². The summed E-state index contributed by atoms with van der Waals surface area (Å²) >= 11 is 1.28. The molecule has 0 aliphatic carbocycles. The number of ketones is 1. The number of thiazole rings is 1. The Morgan fingerprint density at radius 1 is 1.04 bits per heavy atom. The van der Waals surface area contributed by atoms with Gasteiger partial charge in [-0.25, -0.2) is 4.98 Å². The van der Waals surface area contributed by atoms with Crippen molar-refractivity contribution < 1.29 is 4.79 Å². The molecule has 122 valence electrons. The topological polar surface area (TPSA) is 68.0 Å². The van der Waals surface area contributed by atoms with Crippen molar-refractivity contribution in [3.8, 4) is 0 Å². The molecule has 3 N–H and O–H groups in total. The lowest BCUT2D eigenvalue weighted by atomic mass is 10.0. The summed E-state index contributed by atoms with van der Waals surface area (Å²) in [6, 6.07) is 13.7. The lowest BCUT2D eigenvalue weighted by molar-refractivity contribution is 0.104. The fourth-order valence-corrected chi connectivity index (χ4v) is 3.36. The molecular formula is C19H19N3OS. The highest BCUT2D eigenvalue weighted by molar-refractivity contribution is 7.18. The lowest BCUT2D eigenvalue weighted by Crippen LogP contribution is -2.04. The Kier molecular flexibility index (Phi) is 4.36. The van der Waals surface area contributed by atoms with Gasteiger partial charge in [0.05, 0.1) is 0 Å². The second-order valence-electron chi connectivity index (χ2n) is 5.87. The van der Waals surface area contributed by atoms with E-state index < -0.39 is 0 Å². The molecule has 1 heterocycles. The number of aryl methyl sites for hydroxylation is 3. The number of anilines is 3. The standard InChI is InChI=1S/C19H19N3OS/c1-11-4-7-14(8-5-11)21-19-22-18(20)17(24-19)16(23)15-9-6-12(2)10-13(15)3/h4-10H,20H2,1-3H3,(H,21,22). The molecule has 2 aromatic carbocycles. The van der Waals surface area contributed by atoms with Gasteiger partial charge in [-0.05, 0) is 38.5 Å². The Labute approximate surface area is 145 Å². The molecule has 1 aromatic heterocycles. The van der Waals surface area contributed by atoms with E-state index in [1.807, 2.05) is 63.2 Å². The van der Waals surface area contributed by atoms with Gasteiger partial charge in [0, 0.05) is 11.3 Å². The van der Waals surface area contributed by atoms with E-state index in [0.29, 0.717) is 15.6 Å². The normalized spacial score (nSPS) is 10.6. The molecule has 0 fully saturated rings. The minimum absolute atomic E-state index is 0.0838. The van der Waals surface area contributed by atoms with E-state index in [1.165, 1.54) is 16.9 Å². The molecule has 5 heteroatoms. The number of carbonyl (C=O) groups excluding carboxylic acids is 1. The highest BCUT2D eigenvalue weighted by Gasteiger charge is 2.19. The fourth-order valence-electron chi connectivity index (χ4n) is 2.50. The van der Waals surface area contributed by atoms with Gasteiger partial charge in [0.15, 0.2) is 5.13 Å². The molecule has 0 aliphatic rings. The molecule has 0 saturated carbocycles. The molecule has 0 atom stereocenters. The maximum atomic E-state index is 12.8. The summed E-state index contributed by atoms with van der Waals surface area (Å²) < 4.78 is 0. The number of nitrogens with two attached hydrogens (primary N) is 1. The van der Waals surface area contributed by atoms with Crippen LogP contribution in [0.15, 0.2) is 42.5 Å². The average Bonchev–Trinajstić information content (AvgIpc) is 2.89. The van der Waals surface area contributed by atoms with Gasteiger partial charge < -0.3 is 11.1 Å². The van der Waals surface area contributed by atoms with E-state index in [1.54, 1.807) is 0 Å². The number of nitrogen functional groups attached to an aromatic ring is 1. The summed E-state index contributed by atoms with van der Waals surface area (Å²) in [5, 5.41) is 3.81. The molecule has 0 bridgehead atoms. The van der Waals surface area contributed by atoms with Gasteiger partial charge in [-0.1, -0.05) is 52.8 Å². The summed E-state index contributed by atoms with van der Waals surface area (Å²) in [5.41, 5.74) is 10.8. The van der Waals surface area contributed by atoms with Crippen LogP contribution in [0.1, 0.15) is 31.9 Å². The zero-order valence-electron chi connectivity index (χ0n) is 13.9. The quantitative estimate of drug-likeness (QED) is 0.681. The summed E-state index contributed by atoms with van der Waals surface area (Å²) in [7, 11) is 0. The minimum Gasteiger partial charge on any atom is -0.382 e. The van der Waals surface area contributed by atoms with Crippen molar-refractivity contribution in [3.05, 3.63) is 69.6 Å². The molecule has 0 radical (unpaired) electrons. The van der Waals surface area contributed by atoms with Gasteiger partial charge in [-0.2, -0.15) is 0 Å². The maximum absolute atomic E-state index is 12.8. The summed E-state index contributed by atoms with van der Waals surface area (Å²) in [5.74, 6) is 0.180. The third kappa shape index (κ3) is 3.31. The van der Waals surface area contributed by atoms with Crippen LogP contribution in [0.2, 0.25) is 0 Å². The SMILES string of the molecule is Cc1ccc(Nc2nc(N)c(C(=O)c3ccc(C)cc3C)s2)cc1. The van der Waals surface area contributed by atoms with Crippen molar-refractivity contribution in [3.63, 3.8) is 0 Å². The molecule has 0 unspecified atom stereocenters. The van der Waals surface area contributed by atoms with Crippen molar-refractivity contribution >= 4 is 33.8 Å². The van der Waals surface area contributed by atoms with E-state index in [2.05, 4.69) is 10.3 Å². The molecule has 3 aromatic rings. The number of hydrogen-bond acceptors (Lipinski definition) is 5. The third-order valence-electron chi connectivity index (χ3n) is 3.79. The van der Waals surface area contributed by atoms with Crippen LogP contribution >= 0.6 is 11.3 Å². The number of carbonyl (C=O) groups is 1. The summed E-state index contributed by atoms with van der Waals surface area (Å²) in [6.07, 6.45) is 0. The largest absolute Gasteiger partial charge is 0.382 e. The molecule has 0 saturated heterocycles. The van der Waals surface area contributed by atoms with Gasteiger partial charge >= 0.3 is 0 Å². The molecule has 3 rings (SSSR count). The van der Waals surface area contributed by atoms with Gasteiger partial charge in [0.1, 0.15) is 10.7 Å². The Hall–Kier alpha value is -2.66. The number of benzene rings is 2. The summed E-state index contributed by atoms with van der Waals surface area (Å²) in [6.45, 7) is 5.97. The highest BCUT2D eigenvalue weighted by atomic mass is 32.1. The minimum atomic E-state index is -0.0838. The van der Waals surface area contributed by atoms with Crippen LogP contribution in [0, 0.1) is 20.8 Å². The smallest absolute Gasteiger partial charge is 0.207 e. The van der Waals surface area contributed by atoms with Gasteiger partial charge in [0.2, 0.25) is 5.78 Å². The fraction of sp³-hybridized carbons (Fsp3) is 0.158. The van der Waals surface area contributed by atoms with Gasteiger partial charge in [-0.3, -0.25) is 4.79 Å². The van der Waals surface area contributed by atoms with Crippen LogP contribution in [0.5, 0.6) is 0 Å². The van der Waals surface area contributed by atoms with Crippen LogP contribution in [0.25, 0.3) is 0 Å². The zero-order chi connectivity index (χ0) is 17.3. The Balaban J connectivity index is 1.88. The van der Waals surface area contributed by atoms with Crippen molar-refractivity contribution in [2.75, 3.05) is 11.1 Å². The Morgan fingerprint density at radius 2 is 1.71 bits per heavy atom. The summed E-state index contributed by atoms with van der Waals surface area (Å²) in [4.78, 5) is 17.5. The monoisotopic (exact) mass is 337 g/mol. The van der Waals surface area contributed by atoms with E-state index >= 15 is 0 Å². The predicted octanol–water partition coefficient (Wildman–Crippen LogP) is 4.63. The number of nitrogens with one attached hydrogen (secondary N) is 1. The first-order chi connectivity index (χ1) is 11.4. The van der Waals surface area contributed by atoms with E-state index in [-0.39, 0.29) is 11.6 Å². The molecule has 24 heavy (non-hydrogen) atoms. The number of hydrogen-bond donors (Lipinski definition) is 2. The van der Waals surface area contributed by atoms with Crippen molar-refractivity contribution in [1.29, 1.82) is 0 Å². The molecule has 0 aliphatic heterocycles. The van der Waals surface area contributed by atoms with Crippen LogP contribution in [-0.2, 0) is 0 Å².